The van der Waals surface area contributed by atoms with Crippen LogP contribution in [0.2, 0.25) is 0 Å². The Bertz CT molecular complexity index is 829. The number of hydrogen-bond donors (Lipinski definition) is 3. The van der Waals surface area contributed by atoms with Crippen LogP contribution in [0.5, 0.6) is 0 Å². The first-order valence-electron chi connectivity index (χ1n) is 10.3. The number of rotatable bonds is 3. The summed E-state index contributed by atoms with van der Waals surface area (Å²) in [6, 6.07) is 1.73. The number of aromatic nitrogens is 2. The molecule has 4 rings (SSSR count). The van der Waals surface area contributed by atoms with E-state index in [0.717, 1.165) is 36.4 Å². The third-order valence-corrected chi connectivity index (χ3v) is 5.54. The summed E-state index contributed by atoms with van der Waals surface area (Å²) in [6.45, 7) is 14.9. The van der Waals surface area contributed by atoms with Crippen molar-refractivity contribution in [2.24, 2.45) is 0 Å². The molecule has 0 amide bonds. The van der Waals surface area contributed by atoms with Crippen LogP contribution in [0.15, 0.2) is 60.0 Å². The van der Waals surface area contributed by atoms with E-state index in [2.05, 4.69) is 51.7 Å². The van der Waals surface area contributed by atoms with E-state index >= 15 is 0 Å². The molecule has 150 valence electrons. The van der Waals surface area contributed by atoms with Crippen LogP contribution in [0.3, 0.4) is 0 Å². The van der Waals surface area contributed by atoms with Gasteiger partial charge >= 0.3 is 0 Å². The number of allylic oxidation sites excluding steroid dienone is 2. The predicted molar refractivity (Wildman–Crippen MR) is 116 cm³/mol. The maximum atomic E-state index is 5.79. The minimum atomic E-state index is -0.103. The highest BCUT2D eigenvalue weighted by Crippen LogP contribution is 2.48. The fourth-order valence-electron chi connectivity index (χ4n) is 4.36. The number of nitrogens with two attached hydrogens (primary N) is 1. The Kier molecular flexibility index (Phi) is 5.77. The molecular weight excluding hydrogens is 348 g/mol. The van der Waals surface area contributed by atoms with Crippen molar-refractivity contribution in [3.8, 4) is 0 Å². The van der Waals surface area contributed by atoms with Gasteiger partial charge in [-0.05, 0) is 43.8 Å². The predicted octanol–water partition coefficient (Wildman–Crippen LogP) is 4.65. The lowest BCUT2D eigenvalue weighted by Crippen LogP contribution is -2.52. The van der Waals surface area contributed by atoms with Gasteiger partial charge in [-0.3, -0.25) is 0 Å². The molecular formula is C22H32N6. The molecule has 0 bridgehead atoms. The van der Waals surface area contributed by atoms with Gasteiger partial charge in [0.25, 0.3) is 0 Å². The van der Waals surface area contributed by atoms with Crippen LogP contribution in [0.25, 0.3) is 0 Å². The summed E-state index contributed by atoms with van der Waals surface area (Å²) in [5, 5.41) is 7.09. The highest BCUT2D eigenvalue weighted by Gasteiger charge is 2.48. The number of nitrogen functional groups attached to an aromatic ring is 1. The lowest BCUT2D eigenvalue weighted by molar-refractivity contribution is 0.124. The van der Waals surface area contributed by atoms with Crippen LogP contribution < -0.4 is 16.4 Å². The van der Waals surface area contributed by atoms with Gasteiger partial charge < -0.3 is 21.3 Å². The highest BCUT2D eigenvalue weighted by molar-refractivity contribution is 5.60. The SMILES string of the molecule is C=C1NC2(CCCCC2)N2C(=C)C(Nc3cc(N)ncn3)=CC(CC)=C12.CC. The van der Waals surface area contributed by atoms with Gasteiger partial charge in [-0.25, -0.2) is 9.97 Å². The van der Waals surface area contributed by atoms with Crippen molar-refractivity contribution in [3.63, 3.8) is 0 Å². The standard InChI is InChI=1S/C20H26N6.C2H6/c1-4-15-10-16(24-18-11-17(21)22-12-23-18)14(3)26-19(15)13(2)25-20(26)8-6-5-7-9-20;1-2/h10-12,25H,2-9H2,1H3,(H3,21,22,23,24);1-2H3. The first-order chi connectivity index (χ1) is 13.5. The molecule has 1 aliphatic carbocycles. The molecule has 1 aromatic heterocycles. The second-order valence-corrected chi connectivity index (χ2v) is 7.22. The van der Waals surface area contributed by atoms with E-state index in [9.17, 15) is 0 Å². The van der Waals surface area contributed by atoms with Crippen LogP contribution in [-0.2, 0) is 0 Å². The molecule has 28 heavy (non-hydrogen) atoms. The number of anilines is 2. The molecule has 0 radical (unpaired) electrons. The highest BCUT2D eigenvalue weighted by atomic mass is 15.4. The minimum Gasteiger partial charge on any atom is -0.384 e. The molecule has 0 aromatic carbocycles. The summed E-state index contributed by atoms with van der Waals surface area (Å²) in [5.41, 5.74) is 11.0. The minimum absolute atomic E-state index is 0.103. The van der Waals surface area contributed by atoms with E-state index < -0.39 is 0 Å². The fraction of sp³-hybridized carbons (Fsp3) is 0.455. The van der Waals surface area contributed by atoms with E-state index in [-0.39, 0.29) is 5.66 Å². The molecule has 1 saturated carbocycles. The molecule has 6 nitrogen and oxygen atoms in total. The molecule has 0 atom stereocenters. The molecule has 1 spiro atoms. The van der Waals surface area contributed by atoms with Crippen molar-refractivity contribution >= 4 is 11.6 Å². The third-order valence-electron chi connectivity index (χ3n) is 5.54. The zero-order valence-corrected chi connectivity index (χ0v) is 17.3. The zero-order valence-electron chi connectivity index (χ0n) is 17.3. The lowest BCUT2D eigenvalue weighted by atomic mass is 9.87. The summed E-state index contributed by atoms with van der Waals surface area (Å²) >= 11 is 0. The van der Waals surface area contributed by atoms with E-state index in [1.54, 1.807) is 6.07 Å². The van der Waals surface area contributed by atoms with Gasteiger partial charge in [0.05, 0.1) is 22.8 Å². The number of nitrogens with zero attached hydrogens (tertiary/aromatic N) is 3. The Balaban J connectivity index is 0.00000109. The van der Waals surface area contributed by atoms with E-state index in [0.29, 0.717) is 11.6 Å². The molecule has 2 fully saturated rings. The molecule has 3 heterocycles. The molecule has 0 unspecified atom stereocenters. The Morgan fingerprint density at radius 2 is 1.93 bits per heavy atom. The normalized spacial score (nSPS) is 20.2. The first kappa shape index (κ1) is 20.0. The number of fused-ring (bicyclic) bond motifs is 2. The molecule has 1 saturated heterocycles. The summed E-state index contributed by atoms with van der Waals surface area (Å²) in [6.07, 6.45) is 10.5. The quantitative estimate of drug-likeness (QED) is 0.708. The number of nitrogens with one attached hydrogen (secondary N) is 2. The summed E-state index contributed by atoms with van der Waals surface area (Å²) in [7, 11) is 0. The van der Waals surface area contributed by atoms with Crippen molar-refractivity contribution in [1.29, 1.82) is 0 Å². The van der Waals surface area contributed by atoms with Gasteiger partial charge in [-0.2, -0.15) is 0 Å². The Morgan fingerprint density at radius 1 is 1.21 bits per heavy atom. The Hall–Kier alpha value is -2.76. The van der Waals surface area contributed by atoms with Crippen molar-refractivity contribution < 1.29 is 0 Å². The Morgan fingerprint density at radius 3 is 2.57 bits per heavy atom. The summed E-state index contributed by atoms with van der Waals surface area (Å²) in [4.78, 5) is 10.6. The molecule has 2 aliphatic heterocycles. The molecule has 1 aromatic rings. The molecule has 4 N–H and O–H groups in total. The average molecular weight is 381 g/mol. The largest absolute Gasteiger partial charge is 0.384 e. The van der Waals surface area contributed by atoms with Crippen LogP contribution in [0, 0.1) is 0 Å². The van der Waals surface area contributed by atoms with Gasteiger partial charge in [0.2, 0.25) is 0 Å². The molecule has 6 heteroatoms. The maximum Gasteiger partial charge on any atom is 0.135 e. The van der Waals surface area contributed by atoms with Gasteiger partial charge in [-0.15, -0.1) is 0 Å². The van der Waals surface area contributed by atoms with Crippen LogP contribution >= 0.6 is 0 Å². The third kappa shape index (κ3) is 3.39. The van der Waals surface area contributed by atoms with Gasteiger partial charge in [-0.1, -0.05) is 40.3 Å². The van der Waals surface area contributed by atoms with Crippen LogP contribution in [0.1, 0.15) is 59.3 Å². The maximum absolute atomic E-state index is 5.79. The van der Waals surface area contributed by atoms with Crippen molar-refractivity contribution in [3.05, 3.63) is 60.0 Å². The summed E-state index contributed by atoms with van der Waals surface area (Å²) in [5.74, 6) is 1.11. The Labute approximate surface area is 168 Å². The lowest BCUT2D eigenvalue weighted by Gasteiger charge is -2.45. The fourth-order valence-corrected chi connectivity index (χ4v) is 4.36. The zero-order chi connectivity index (χ0) is 20.3. The van der Waals surface area contributed by atoms with E-state index in [4.69, 9.17) is 5.73 Å². The monoisotopic (exact) mass is 380 g/mol. The average Bonchev–Trinajstić information content (AvgIpc) is 2.98. The summed E-state index contributed by atoms with van der Waals surface area (Å²) < 4.78 is 0. The van der Waals surface area contributed by atoms with Crippen LogP contribution in [-0.4, -0.2) is 20.5 Å². The van der Waals surface area contributed by atoms with Gasteiger partial charge in [0, 0.05) is 6.07 Å². The topological polar surface area (TPSA) is 79.1 Å². The van der Waals surface area contributed by atoms with Crippen molar-refractivity contribution in [1.82, 2.24) is 20.2 Å². The van der Waals surface area contributed by atoms with Crippen LogP contribution in [0.4, 0.5) is 11.6 Å². The first-order valence-corrected chi connectivity index (χ1v) is 10.3. The second-order valence-electron chi connectivity index (χ2n) is 7.22. The van der Waals surface area contributed by atoms with Gasteiger partial charge in [0.1, 0.15) is 23.6 Å². The number of hydrogen-bond acceptors (Lipinski definition) is 6. The van der Waals surface area contributed by atoms with Crippen molar-refractivity contribution in [2.75, 3.05) is 11.1 Å². The molecule has 3 aliphatic rings. The second kappa shape index (κ2) is 8.09. The van der Waals surface area contributed by atoms with E-state index in [1.165, 1.54) is 36.9 Å². The smallest absolute Gasteiger partial charge is 0.135 e. The van der Waals surface area contributed by atoms with Gasteiger partial charge in [0.15, 0.2) is 0 Å². The van der Waals surface area contributed by atoms with E-state index in [1.807, 2.05) is 13.8 Å². The van der Waals surface area contributed by atoms with Crippen molar-refractivity contribution in [2.45, 2.75) is 65.0 Å².